The van der Waals surface area contributed by atoms with Gasteiger partial charge in [-0.1, -0.05) is 18.6 Å². The minimum atomic E-state index is -0.730. The van der Waals surface area contributed by atoms with Gasteiger partial charge in [-0.05, 0) is 68.5 Å². The summed E-state index contributed by atoms with van der Waals surface area (Å²) in [7, 11) is 0. The molecule has 2 aromatic rings. The van der Waals surface area contributed by atoms with Crippen LogP contribution in [0.3, 0.4) is 0 Å². The smallest absolute Gasteiger partial charge is 0.214 e. The Balaban J connectivity index is 1.95. The normalized spacial score (nSPS) is 11.5. The van der Waals surface area contributed by atoms with Crippen LogP contribution in [0.2, 0.25) is 0 Å². The number of amides is 2. The molecule has 0 aromatic heterocycles. The number of aldehydes is 1. The molecule has 0 saturated carbocycles. The molecule has 2 amide bonds. The number of ketones is 1. The van der Waals surface area contributed by atoms with Crippen molar-refractivity contribution in [3.8, 4) is 0 Å². The maximum Gasteiger partial charge on any atom is 0.214 e. The van der Waals surface area contributed by atoms with E-state index in [1.54, 1.807) is 29.2 Å². The molecule has 0 bridgehead atoms. The lowest BCUT2D eigenvalue weighted by atomic mass is 9.99. The number of carbonyl (C=O) groups excluding carboxylic acids is 4. The van der Waals surface area contributed by atoms with Gasteiger partial charge >= 0.3 is 0 Å². The molecule has 182 valence electrons. The summed E-state index contributed by atoms with van der Waals surface area (Å²) in [5.74, 6) is -0.105. The summed E-state index contributed by atoms with van der Waals surface area (Å²) in [5, 5.41) is 0. The Hall–Kier alpha value is -3.68. The SMILES string of the molecule is Cc1ccc(N(C=O)CCCCCC(=O)C(CCC=O)N(C=O)c2ccc(C)c(N)c2)cc1N. The Labute approximate surface area is 200 Å². The van der Waals surface area contributed by atoms with E-state index >= 15 is 0 Å². The standard InChI is InChI=1S/C26H34N4O4/c1-19-9-11-21(15-23(19)27)29(17-32)13-5-3-4-8-26(34)25(7-6-14-31)30(18-33)22-12-10-20(2)24(28)16-22/h9-12,14-18,25H,3-8,13,27-28H2,1-2H3. The van der Waals surface area contributed by atoms with Crippen LogP contribution in [0.4, 0.5) is 22.7 Å². The third-order valence-corrected chi connectivity index (χ3v) is 5.98. The Morgan fingerprint density at radius 2 is 1.50 bits per heavy atom. The number of benzene rings is 2. The number of Topliss-reactive ketones (excluding diaryl/α,β-unsaturated/α-hetero) is 1. The zero-order valence-electron chi connectivity index (χ0n) is 19.9. The van der Waals surface area contributed by atoms with Gasteiger partial charge in [0.25, 0.3) is 0 Å². The van der Waals surface area contributed by atoms with Crippen molar-refractivity contribution < 1.29 is 19.2 Å². The van der Waals surface area contributed by atoms with E-state index in [0.29, 0.717) is 42.9 Å². The molecule has 34 heavy (non-hydrogen) atoms. The first-order valence-corrected chi connectivity index (χ1v) is 11.5. The number of aryl methyl sites for hydroxylation is 2. The highest BCUT2D eigenvalue weighted by atomic mass is 16.2. The van der Waals surface area contributed by atoms with Crippen molar-refractivity contribution in [2.24, 2.45) is 0 Å². The van der Waals surface area contributed by atoms with E-state index in [0.717, 1.165) is 35.9 Å². The van der Waals surface area contributed by atoms with Crippen LogP contribution in [0.5, 0.6) is 0 Å². The topological polar surface area (TPSA) is 127 Å². The molecule has 0 aliphatic carbocycles. The Morgan fingerprint density at radius 3 is 2.06 bits per heavy atom. The van der Waals surface area contributed by atoms with Gasteiger partial charge in [-0.2, -0.15) is 0 Å². The lowest BCUT2D eigenvalue weighted by molar-refractivity contribution is -0.122. The third-order valence-electron chi connectivity index (χ3n) is 5.98. The van der Waals surface area contributed by atoms with Gasteiger partial charge in [0.1, 0.15) is 6.29 Å². The number of nitrogen functional groups attached to an aromatic ring is 2. The van der Waals surface area contributed by atoms with E-state index in [1.807, 2.05) is 26.0 Å². The van der Waals surface area contributed by atoms with Crippen molar-refractivity contribution in [1.29, 1.82) is 0 Å². The second-order valence-corrected chi connectivity index (χ2v) is 8.43. The molecular formula is C26H34N4O4. The van der Waals surface area contributed by atoms with Gasteiger partial charge < -0.3 is 26.1 Å². The Kier molecular flexibility index (Phi) is 10.3. The van der Waals surface area contributed by atoms with Crippen molar-refractivity contribution >= 4 is 47.6 Å². The number of anilines is 4. The number of hydrogen-bond donors (Lipinski definition) is 2. The molecule has 2 rings (SSSR count). The lowest BCUT2D eigenvalue weighted by Crippen LogP contribution is -2.40. The molecule has 1 atom stereocenters. The van der Waals surface area contributed by atoms with Gasteiger partial charge in [0, 0.05) is 42.1 Å². The van der Waals surface area contributed by atoms with Crippen molar-refractivity contribution in [2.45, 2.75) is 58.4 Å². The monoisotopic (exact) mass is 466 g/mol. The van der Waals surface area contributed by atoms with E-state index in [-0.39, 0.29) is 25.0 Å². The molecule has 8 nitrogen and oxygen atoms in total. The van der Waals surface area contributed by atoms with Gasteiger partial charge in [0.15, 0.2) is 5.78 Å². The zero-order chi connectivity index (χ0) is 25.1. The molecule has 0 fully saturated rings. The number of unbranched alkanes of at least 4 members (excludes halogenated alkanes) is 2. The minimum Gasteiger partial charge on any atom is -0.398 e. The summed E-state index contributed by atoms with van der Waals surface area (Å²) in [4.78, 5) is 50.3. The zero-order valence-corrected chi connectivity index (χ0v) is 19.9. The van der Waals surface area contributed by atoms with Crippen molar-refractivity contribution in [2.75, 3.05) is 27.8 Å². The van der Waals surface area contributed by atoms with Crippen LogP contribution in [0, 0.1) is 13.8 Å². The van der Waals surface area contributed by atoms with Gasteiger partial charge in [-0.15, -0.1) is 0 Å². The van der Waals surface area contributed by atoms with Crippen LogP contribution in [0.25, 0.3) is 0 Å². The number of rotatable bonds is 15. The van der Waals surface area contributed by atoms with Gasteiger partial charge in [-0.3, -0.25) is 14.4 Å². The summed E-state index contributed by atoms with van der Waals surface area (Å²) in [6, 6.07) is 9.97. The first kappa shape index (κ1) is 26.6. The number of nitrogens with two attached hydrogens (primary N) is 2. The van der Waals surface area contributed by atoms with Crippen LogP contribution in [0.15, 0.2) is 36.4 Å². The second kappa shape index (κ2) is 13.1. The average Bonchev–Trinajstić information content (AvgIpc) is 2.82. The van der Waals surface area contributed by atoms with Crippen molar-refractivity contribution in [3.05, 3.63) is 47.5 Å². The summed E-state index contributed by atoms with van der Waals surface area (Å²) in [6.07, 6.45) is 4.90. The molecule has 0 aliphatic heterocycles. The van der Waals surface area contributed by atoms with Gasteiger partial charge in [0.2, 0.25) is 12.8 Å². The lowest BCUT2D eigenvalue weighted by Gasteiger charge is -2.27. The fourth-order valence-corrected chi connectivity index (χ4v) is 3.76. The molecule has 0 spiro atoms. The minimum absolute atomic E-state index is 0.105. The Morgan fingerprint density at radius 1 is 0.882 bits per heavy atom. The van der Waals surface area contributed by atoms with Crippen LogP contribution in [-0.2, 0) is 19.2 Å². The average molecular weight is 467 g/mol. The fourth-order valence-electron chi connectivity index (χ4n) is 3.76. The quantitative estimate of drug-likeness (QED) is 0.235. The van der Waals surface area contributed by atoms with E-state index in [2.05, 4.69) is 0 Å². The fraction of sp³-hybridized carbons (Fsp3) is 0.385. The van der Waals surface area contributed by atoms with E-state index in [1.165, 1.54) is 4.90 Å². The third kappa shape index (κ3) is 7.16. The van der Waals surface area contributed by atoms with E-state index in [4.69, 9.17) is 11.5 Å². The molecule has 4 N–H and O–H groups in total. The Bertz CT molecular complexity index is 1010. The second-order valence-electron chi connectivity index (χ2n) is 8.43. The summed E-state index contributed by atoms with van der Waals surface area (Å²) < 4.78 is 0. The molecule has 8 heteroatoms. The number of nitrogens with zero attached hydrogens (tertiary/aromatic N) is 2. The van der Waals surface area contributed by atoms with Crippen molar-refractivity contribution in [1.82, 2.24) is 0 Å². The molecule has 0 heterocycles. The molecule has 0 saturated heterocycles. The van der Waals surface area contributed by atoms with Crippen molar-refractivity contribution in [3.63, 3.8) is 0 Å². The van der Waals surface area contributed by atoms with Crippen LogP contribution < -0.4 is 21.3 Å². The molecule has 0 aliphatic rings. The molecule has 2 aromatic carbocycles. The van der Waals surface area contributed by atoms with Crippen LogP contribution in [0.1, 0.15) is 49.7 Å². The van der Waals surface area contributed by atoms with Gasteiger partial charge in [-0.25, -0.2) is 0 Å². The van der Waals surface area contributed by atoms with Crippen LogP contribution >= 0.6 is 0 Å². The predicted molar refractivity (Wildman–Crippen MR) is 136 cm³/mol. The largest absolute Gasteiger partial charge is 0.398 e. The van der Waals surface area contributed by atoms with Crippen LogP contribution in [-0.4, -0.2) is 37.5 Å². The first-order chi connectivity index (χ1) is 16.3. The highest BCUT2D eigenvalue weighted by Crippen LogP contribution is 2.25. The predicted octanol–water partition coefficient (Wildman–Crippen LogP) is 3.57. The van der Waals surface area contributed by atoms with E-state index in [9.17, 15) is 19.2 Å². The first-order valence-electron chi connectivity index (χ1n) is 11.5. The summed E-state index contributed by atoms with van der Waals surface area (Å²) >= 11 is 0. The highest BCUT2D eigenvalue weighted by molar-refractivity contribution is 5.94. The maximum absolute atomic E-state index is 13.0. The van der Waals surface area contributed by atoms with Gasteiger partial charge in [0.05, 0.1) is 6.04 Å². The molecule has 1 unspecified atom stereocenters. The summed E-state index contributed by atoms with van der Waals surface area (Å²) in [6.45, 7) is 4.28. The molecule has 0 radical (unpaired) electrons. The summed E-state index contributed by atoms with van der Waals surface area (Å²) in [5.41, 5.74) is 16.2. The number of carbonyl (C=O) groups is 4. The highest BCUT2D eigenvalue weighted by Gasteiger charge is 2.25. The molecular weight excluding hydrogens is 432 g/mol. The van der Waals surface area contributed by atoms with E-state index < -0.39 is 6.04 Å². The maximum atomic E-state index is 13.0. The number of hydrogen-bond acceptors (Lipinski definition) is 6.